The Bertz CT molecular complexity index is 493. The maximum Gasteiger partial charge on any atom is 0.120 e. The largest absolute Gasteiger partial charge is 0.493 e. The fraction of sp³-hybridized carbons (Fsp3) is 0.429. The van der Waals surface area contributed by atoms with Crippen LogP contribution in [-0.2, 0) is 0 Å². The van der Waals surface area contributed by atoms with Gasteiger partial charge < -0.3 is 9.84 Å². The van der Waals surface area contributed by atoms with Crippen LogP contribution in [0.5, 0.6) is 5.75 Å². The van der Waals surface area contributed by atoms with E-state index in [0.29, 0.717) is 23.5 Å². The van der Waals surface area contributed by atoms with Crippen molar-refractivity contribution in [1.82, 2.24) is 0 Å². The number of benzene rings is 1. The number of hydrogen-bond donors (Lipinski definition) is 1. The van der Waals surface area contributed by atoms with E-state index in [0.717, 1.165) is 6.42 Å². The van der Waals surface area contributed by atoms with Crippen LogP contribution in [0.3, 0.4) is 0 Å². The zero-order chi connectivity index (χ0) is 13.6. The Morgan fingerprint density at radius 3 is 2.44 bits per heavy atom. The Kier molecular flexibility index (Phi) is 4.71. The Morgan fingerprint density at radius 1 is 1.28 bits per heavy atom. The molecule has 1 atom stereocenters. The number of hydrogen-bond acceptors (Lipinski definition) is 4. The molecule has 0 heterocycles. The SMILES string of the molecule is CCC(C)(CO)COc1ccc(C#N)c(C#N)c1. The van der Waals surface area contributed by atoms with Crippen LogP contribution in [-0.4, -0.2) is 18.3 Å². The van der Waals surface area contributed by atoms with Gasteiger partial charge in [0.2, 0.25) is 0 Å². The van der Waals surface area contributed by atoms with E-state index in [-0.39, 0.29) is 12.0 Å². The van der Waals surface area contributed by atoms with E-state index in [1.807, 2.05) is 26.0 Å². The number of aliphatic hydroxyl groups excluding tert-OH is 1. The highest BCUT2D eigenvalue weighted by atomic mass is 16.5. The first-order valence-electron chi connectivity index (χ1n) is 5.76. The van der Waals surface area contributed by atoms with Crippen molar-refractivity contribution in [3.63, 3.8) is 0 Å². The van der Waals surface area contributed by atoms with E-state index >= 15 is 0 Å². The second-order valence-electron chi connectivity index (χ2n) is 4.54. The minimum Gasteiger partial charge on any atom is -0.493 e. The summed E-state index contributed by atoms with van der Waals surface area (Å²) in [6.45, 7) is 4.34. The first kappa shape index (κ1) is 14.0. The van der Waals surface area contributed by atoms with Gasteiger partial charge in [-0.2, -0.15) is 10.5 Å². The minimum absolute atomic E-state index is 0.0465. The zero-order valence-corrected chi connectivity index (χ0v) is 10.6. The molecule has 0 aliphatic heterocycles. The zero-order valence-electron chi connectivity index (χ0n) is 10.6. The number of rotatable bonds is 5. The van der Waals surface area contributed by atoms with Crippen LogP contribution < -0.4 is 4.74 Å². The van der Waals surface area contributed by atoms with Crippen LogP contribution in [0.1, 0.15) is 31.4 Å². The van der Waals surface area contributed by atoms with Gasteiger partial charge in [-0.3, -0.25) is 0 Å². The normalized spacial score (nSPS) is 13.2. The number of nitriles is 2. The van der Waals surface area contributed by atoms with Gasteiger partial charge in [0.15, 0.2) is 0 Å². The van der Waals surface area contributed by atoms with Crippen LogP contribution in [0.4, 0.5) is 0 Å². The van der Waals surface area contributed by atoms with Gasteiger partial charge in [0.25, 0.3) is 0 Å². The molecule has 0 saturated carbocycles. The van der Waals surface area contributed by atoms with Crippen molar-refractivity contribution in [2.75, 3.05) is 13.2 Å². The highest BCUT2D eigenvalue weighted by Gasteiger charge is 2.22. The highest BCUT2D eigenvalue weighted by Crippen LogP contribution is 2.23. The standard InChI is InChI=1S/C14H16N2O2/c1-3-14(2,9-17)10-18-13-5-4-11(7-15)12(6-13)8-16/h4-6,17H,3,9-10H2,1-2H3. The Labute approximate surface area is 107 Å². The summed E-state index contributed by atoms with van der Waals surface area (Å²) in [6.07, 6.45) is 0.797. The van der Waals surface area contributed by atoms with Gasteiger partial charge in [0.05, 0.1) is 24.3 Å². The summed E-state index contributed by atoms with van der Waals surface area (Å²) in [4.78, 5) is 0. The summed E-state index contributed by atoms with van der Waals surface area (Å²) < 4.78 is 5.57. The molecule has 0 saturated heterocycles. The minimum atomic E-state index is -0.291. The molecule has 0 fully saturated rings. The summed E-state index contributed by atoms with van der Waals surface area (Å²) in [5.74, 6) is 0.540. The second-order valence-corrected chi connectivity index (χ2v) is 4.54. The molecule has 1 rings (SSSR count). The van der Waals surface area contributed by atoms with Crippen molar-refractivity contribution < 1.29 is 9.84 Å². The van der Waals surface area contributed by atoms with E-state index in [9.17, 15) is 5.11 Å². The molecule has 1 unspecified atom stereocenters. The van der Waals surface area contributed by atoms with Crippen LogP contribution >= 0.6 is 0 Å². The molecule has 0 aromatic heterocycles. The smallest absolute Gasteiger partial charge is 0.120 e. The van der Waals surface area contributed by atoms with E-state index in [2.05, 4.69) is 0 Å². The van der Waals surface area contributed by atoms with Crippen molar-refractivity contribution in [3.8, 4) is 17.9 Å². The summed E-state index contributed by atoms with van der Waals surface area (Å²) in [5, 5.41) is 27.0. The number of aliphatic hydroxyl groups is 1. The van der Waals surface area contributed by atoms with E-state index in [4.69, 9.17) is 15.3 Å². The predicted octanol–water partition coefficient (Wildman–Crippen LogP) is 2.22. The van der Waals surface area contributed by atoms with Crippen molar-refractivity contribution in [3.05, 3.63) is 29.3 Å². The Balaban J connectivity index is 2.82. The highest BCUT2D eigenvalue weighted by molar-refractivity contribution is 5.49. The van der Waals surface area contributed by atoms with Crippen molar-refractivity contribution in [1.29, 1.82) is 10.5 Å². The van der Waals surface area contributed by atoms with Crippen LogP contribution in [0.15, 0.2) is 18.2 Å². The monoisotopic (exact) mass is 244 g/mol. The molecule has 94 valence electrons. The van der Waals surface area contributed by atoms with Crippen LogP contribution in [0.2, 0.25) is 0 Å². The van der Waals surface area contributed by atoms with Gasteiger partial charge in [0, 0.05) is 5.41 Å². The molecular formula is C14H16N2O2. The molecule has 0 aliphatic rings. The Hall–Kier alpha value is -2.04. The quantitative estimate of drug-likeness (QED) is 0.861. The molecular weight excluding hydrogens is 228 g/mol. The molecule has 1 N–H and O–H groups in total. The predicted molar refractivity (Wildman–Crippen MR) is 66.9 cm³/mol. The van der Waals surface area contributed by atoms with Gasteiger partial charge in [-0.15, -0.1) is 0 Å². The van der Waals surface area contributed by atoms with Crippen molar-refractivity contribution in [2.24, 2.45) is 5.41 Å². The fourth-order valence-electron chi connectivity index (χ4n) is 1.32. The molecule has 0 radical (unpaired) electrons. The second kappa shape index (κ2) is 6.05. The average molecular weight is 244 g/mol. The fourth-order valence-corrected chi connectivity index (χ4v) is 1.32. The maximum absolute atomic E-state index is 9.27. The maximum atomic E-state index is 9.27. The topological polar surface area (TPSA) is 77.0 Å². The average Bonchev–Trinajstić information content (AvgIpc) is 2.44. The van der Waals surface area contributed by atoms with Crippen molar-refractivity contribution in [2.45, 2.75) is 20.3 Å². The number of ether oxygens (including phenoxy) is 1. The molecule has 1 aromatic rings. The summed E-state index contributed by atoms with van der Waals surface area (Å²) in [7, 11) is 0. The lowest BCUT2D eigenvalue weighted by molar-refractivity contribution is 0.0784. The molecule has 18 heavy (non-hydrogen) atoms. The first-order chi connectivity index (χ1) is 8.58. The van der Waals surface area contributed by atoms with Gasteiger partial charge in [0.1, 0.15) is 17.9 Å². The van der Waals surface area contributed by atoms with Crippen LogP contribution in [0, 0.1) is 28.1 Å². The molecule has 0 amide bonds. The van der Waals surface area contributed by atoms with Gasteiger partial charge in [-0.25, -0.2) is 0 Å². The molecule has 0 bridgehead atoms. The Morgan fingerprint density at radius 2 is 1.94 bits per heavy atom. The molecule has 1 aromatic carbocycles. The first-order valence-corrected chi connectivity index (χ1v) is 5.76. The van der Waals surface area contributed by atoms with Crippen molar-refractivity contribution >= 4 is 0 Å². The van der Waals surface area contributed by atoms with Crippen LogP contribution in [0.25, 0.3) is 0 Å². The third kappa shape index (κ3) is 3.23. The van der Waals surface area contributed by atoms with E-state index in [1.54, 1.807) is 18.2 Å². The molecule has 4 heteroatoms. The summed E-state index contributed by atoms with van der Waals surface area (Å²) in [6, 6.07) is 8.68. The third-order valence-corrected chi connectivity index (χ3v) is 3.05. The molecule has 0 aliphatic carbocycles. The van der Waals surface area contributed by atoms with Gasteiger partial charge in [-0.05, 0) is 24.6 Å². The van der Waals surface area contributed by atoms with Gasteiger partial charge in [-0.1, -0.05) is 13.8 Å². The lowest BCUT2D eigenvalue weighted by Gasteiger charge is -2.25. The number of nitrogens with zero attached hydrogens (tertiary/aromatic N) is 2. The molecule has 0 spiro atoms. The van der Waals surface area contributed by atoms with Gasteiger partial charge >= 0.3 is 0 Å². The molecule has 4 nitrogen and oxygen atoms in total. The van der Waals surface area contributed by atoms with E-state index < -0.39 is 0 Å². The lowest BCUT2D eigenvalue weighted by Crippen LogP contribution is -2.28. The van der Waals surface area contributed by atoms with E-state index in [1.165, 1.54) is 0 Å². The summed E-state index contributed by atoms with van der Waals surface area (Å²) >= 11 is 0. The summed E-state index contributed by atoms with van der Waals surface area (Å²) in [5.41, 5.74) is 0.350. The third-order valence-electron chi connectivity index (χ3n) is 3.05. The lowest BCUT2D eigenvalue weighted by atomic mass is 9.90.